The molecule has 15 heavy (non-hydrogen) atoms. The molecule has 2 heteroatoms. The molecule has 2 heterocycles. The van der Waals surface area contributed by atoms with E-state index in [1.807, 2.05) is 6.07 Å². The van der Waals surface area contributed by atoms with Crippen LogP contribution in [-0.2, 0) is 13.0 Å². The molecule has 2 aromatic rings. The Morgan fingerprint density at radius 1 is 1.40 bits per heavy atom. The van der Waals surface area contributed by atoms with Gasteiger partial charge in [0.15, 0.2) is 0 Å². The number of rotatable bonds is 1. The molecule has 0 amide bonds. The molecule has 0 radical (unpaired) electrons. The molecule has 1 aromatic heterocycles. The predicted molar refractivity (Wildman–Crippen MR) is 61.7 cm³/mol. The third-order valence-corrected chi connectivity index (χ3v) is 2.99. The van der Waals surface area contributed by atoms with E-state index in [0.29, 0.717) is 0 Å². The fourth-order valence-electron chi connectivity index (χ4n) is 2.29. The maximum Gasteiger partial charge on any atom is 0.135 e. The Hall–Kier alpha value is -1.54. The summed E-state index contributed by atoms with van der Waals surface area (Å²) in [7, 11) is 0. The van der Waals surface area contributed by atoms with Crippen LogP contribution >= 0.6 is 0 Å². The Balaban J connectivity index is 2.41. The van der Waals surface area contributed by atoms with E-state index in [9.17, 15) is 0 Å². The maximum absolute atomic E-state index is 5.76. The SMILES string of the molecule is C=Cc1oc2cccc3c2c1CNCC3. The van der Waals surface area contributed by atoms with E-state index in [-0.39, 0.29) is 0 Å². The van der Waals surface area contributed by atoms with Crippen molar-refractivity contribution < 1.29 is 4.42 Å². The molecule has 0 saturated carbocycles. The maximum atomic E-state index is 5.76. The molecule has 2 nitrogen and oxygen atoms in total. The molecule has 0 aliphatic carbocycles. The van der Waals surface area contributed by atoms with Crippen LogP contribution in [0.2, 0.25) is 0 Å². The third kappa shape index (κ3) is 1.22. The number of hydrogen-bond donors (Lipinski definition) is 1. The Kier molecular flexibility index (Phi) is 1.89. The van der Waals surface area contributed by atoms with Crippen molar-refractivity contribution in [2.24, 2.45) is 0 Å². The zero-order valence-corrected chi connectivity index (χ0v) is 8.55. The van der Waals surface area contributed by atoms with E-state index in [1.165, 1.54) is 16.5 Å². The zero-order valence-electron chi connectivity index (χ0n) is 8.55. The first kappa shape index (κ1) is 8.74. The van der Waals surface area contributed by atoms with Gasteiger partial charge in [0.2, 0.25) is 0 Å². The van der Waals surface area contributed by atoms with Crippen LogP contribution in [-0.4, -0.2) is 6.54 Å². The quantitative estimate of drug-likeness (QED) is 0.764. The normalized spacial score (nSPS) is 15.2. The first-order valence-electron chi connectivity index (χ1n) is 5.26. The standard InChI is InChI=1S/C13H13NO/c1-2-11-10-8-14-7-6-9-4-3-5-12(15-11)13(9)10/h2-5,14H,1,6-8H2. The van der Waals surface area contributed by atoms with Gasteiger partial charge in [-0.15, -0.1) is 0 Å². The van der Waals surface area contributed by atoms with Crippen molar-refractivity contribution >= 4 is 17.0 Å². The molecule has 0 spiro atoms. The number of hydrogen-bond acceptors (Lipinski definition) is 2. The van der Waals surface area contributed by atoms with E-state index in [2.05, 4.69) is 24.0 Å². The van der Waals surface area contributed by atoms with Crippen LogP contribution in [0.25, 0.3) is 17.0 Å². The highest BCUT2D eigenvalue weighted by molar-refractivity contribution is 5.88. The van der Waals surface area contributed by atoms with Gasteiger partial charge in [0, 0.05) is 17.5 Å². The summed E-state index contributed by atoms with van der Waals surface area (Å²) in [6, 6.07) is 6.27. The Morgan fingerprint density at radius 3 is 3.20 bits per heavy atom. The number of benzene rings is 1. The molecular weight excluding hydrogens is 186 g/mol. The summed E-state index contributed by atoms with van der Waals surface area (Å²) in [5.41, 5.74) is 3.62. The first-order valence-corrected chi connectivity index (χ1v) is 5.26. The van der Waals surface area contributed by atoms with Gasteiger partial charge >= 0.3 is 0 Å². The fraction of sp³-hybridized carbons (Fsp3) is 0.231. The van der Waals surface area contributed by atoms with Gasteiger partial charge in [-0.2, -0.15) is 0 Å². The monoisotopic (exact) mass is 199 g/mol. The van der Waals surface area contributed by atoms with Crippen LogP contribution in [0.5, 0.6) is 0 Å². The van der Waals surface area contributed by atoms with Gasteiger partial charge in [-0.3, -0.25) is 0 Å². The van der Waals surface area contributed by atoms with Gasteiger partial charge in [0.05, 0.1) is 0 Å². The van der Waals surface area contributed by atoms with Gasteiger partial charge in [0.25, 0.3) is 0 Å². The van der Waals surface area contributed by atoms with Crippen LogP contribution < -0.4 is 5.32 Å². The molecule has 0 saturated heterocycles. The average molecular weight is 199 g/mol. The molecule has 1 aliphatic heterocycles. The van der Waals surface area contributed by atoms with Crippen molar-refractivity contribution in [3.05, 3.63) is 41.7 Å². The van der Waals surface area contributed by atoms with E-state index >= 15 is 0 Å². The molecule has 76 valence electrons. The summed E-state index contributed by atoms with van der Waals surface area (Å²) in [4.78, 5) is 0. The Bertz CT molecular complexity index is 525. The fourth-order valence-corrected chi connectivity index (χ4v) is 2.29. The van der Waals surface area contributed by atoms with Gasteiger partial charge in [-0.1, -0.05) is 18.7 Å². The van der Waals surface area contributed by atoms with Gasteiger partial charge in [-0.05, 0) is 30.7 Å². The van der Waals surface area contributed by atoms with Crippen molar-refractivity contribution in [1.82, 2.24) is 5.32 Å². The second-order valence-corrected chi connectivity index (χ2v) is 3.87. The Morgan fingerprint density at radius 2 is 2.33 bits per heavy atom. The third-order valence-electron chi connectivity index (χ3n) is 2.99. The topological polar surface area (TPSA) is 25.2 Å². The number of furan rings is 1. The molecule has 3 rings (SSSR count). The van der Waals surface area contributed by atoms with Crippen molar-refractivity contribution in [3.8, 4) is 0 Å². The molecule has 1 aliphatic rings. The lowest BCUT2D eigenvalue weighted by Crippen LogP contribution is -2.14. The Labute approximate surface area is 88.6 Å². The summed E-state index contributed by atoms with van der Waals surface area (Å²) in [5.74, 6) is 0.909. The largest absolute Gasteiger partial charge is 0.456 e. The lowest BCUT2D eigenvalue weighted by Gasteiger charge is -1.98. The van der Waals surface area contributed by atoms with Crippen LogP contribution in [0.1, 0.15) is 16.9 Å². The summed E-state index contributed by atoms with van der Waals surface area (Å²) in [6.07, 6.45) is 2.87. The summed E-state index contributed by atoms with van der Waals surface area (Å²) in [5, 5.41) is 4.70. The van der Waals surface area contributed by atoms with E-state index in [1.54, 1.807) is 6.08 Å². The molecule has 1 N–H and O–H groups in total. The highest BCUT2D eigenvalue weighted by atomic mass is 16.3. The highest BCUT2D eigenvalue weighted by Gasteiger charge is 2.16. The van der Waals surface area contributed by atoms with E-state index < -0.39 is 0 Å². The van der Waals surface area contributed by atoms with Gasteiger partial charge < -0.3 is 9.73 Å². The van der Waals surface area contributed by atoms with Crippen molar-refractivity contribution in [2.75, 3.05) is 6.54 Å². The lowest BCUT2D eigenvalue weighted by molar-refractivity contribution is 0.590. The minimum atomic E-state index is 0.880. The second-order valence-electron chi connectivity index (χ2n) is 3.87. The number of nitrogens with one attached hydrogen (secondary N) is 1. The minimum Gasteiger partial charge on any atom is -0.456 e. The first-order chi connectivity index (χ1) is 7.40. The lowest BCUT2D eigenvalue weighted by atomic mass is 10.0. The minimum absolute atomic E-state index is 0.880. The predicted octanol–water partition coefficient (Wildman–Crippen LogP) is 2.72. The molecule has 1 aromatic carbocycles. The summed E-state index contributed by atoms with van der Waals surface area (Å²) >= 11 is 0. The summed E-state index contributed by atoms with van der Waals surface area (Å²) < 4.78 is 5.76. The second kappa shape index (κ2) is 3.24. The van der Waals surface area contributed by atoms with Crippen molar-refractivity contribution in [3.63, 3.8) is 0 Å². The van der Waals surface area contributed by atoms with E-state index in [4.69, 9.17) is 4.42 Å². The van der Waals surface area contributed by atoms with Crippen molar-refractivity contribution in [1.29, 1.82) is 0 Å². The molecule has 0 fully saturated rings. The average Bonchev–Trinajstić information content (AvgIpc) is 2.47. The van der Waals surface area contributed by atoms with Crippen LogP contribution in [0.4, 0.5) is 0 Å². The zero-order chi connectivity index (χ0) is 10.3. The summed E-state index contributed by atoms with van der Waals surface area (Å²) in [6.45, 7) is 5.71. The van der Waals surface area contributed by atoms with Crippen LogP contribution in [0, 0.1) is 0 Å². The van der Waals surface area contributed by atoms with Crippen molar-refractivity contribution in [2.45, 2.75) is 13.0 Å². The van der Waals surface area contributed by atoms with Gasteiger partial charge in [0.1, 0.15) is 11.3 Å². The van der Waals surface area contributed by atoms with Crippen LogP contribution in [0.15, 0.2) is 29.2 Å². The van der Waals surface area contributed by atoms with Crippen LogP contribution in [0.3, 0.4) is 0 Å². The van der Waals surface area contributed by atoms with Gasteiger partial charge in [-0.25, -0.2) is 0 Å². The molecule has 0 bridgehead atoms. The molecular formula is C13H13NO. The molecule has 0 atom stereocenters. The smallest absolute Gasteiger partial charge is 0.135 e. The molecule has 0 unspecified atom stereocenters. The highest BCUT2D eigenvalue weighted by Crippen LogP contribution is 2.31. The van der Waals surface area contributed by atoms with E-state index in [0.717, 1.165) is 30.9 Å².